The van der Waals surface area contributed by atoms with Crippen LogP contribution in [-0.4, -0.2) is 59.8 Å². The van der Waals surface area contributed by atoms with Crippen LogP contribution in [-0.2, 0) is 19.9 Å². The average molecular weight is 540 g/mol. The van der Waals surface area contributed by atoms with Crippen molar-refractivity contribution in [1.29, 1.82) is 0 Å². The first kappa shape index (κ1) is 25.2. The molecule has 1 spiro atoms. The number of likely N-dealkylation sites (tertiary alicyclic amines) is 2. The van der Waals surface area contributed by atoms with Crippen molar-refractivity contribution in [3.8, 4) is 0 Å². The van der Waals surface area contributed by atoms with Gasteiger partial charge < -0.3 is 19.9 Å². The number of carbonyl (C=O) groups excluding carboxylic acids is 3. The lowest BCUT2D eigenvalue weighted by Crippen LogP contribution is -2.48. The minimum absolute atomic E-state index is 0.150. The zero-order valence-electron chi connectivity index (χ0n) is 21.6. The van der Waals surface area contributed by atoms with E-state index in [1.165, 1.54) is 12.1 Å². The van der Waals surface area contributed by atoms with Crippen molar-refractivity contribution < 1.29 is 23.5 Å². The summed E-state index contributed by atoms with van der Waals surface area (Å²) in [4.78, 5) is 44.0. The molecule has 2 amide bonds. The molecule has 5 aliphatic rings. The summed E-state index contributed by atoms with van der Waals surface area (Å²) in [6.07, 6.45) is 8.22. The molecule has 7 nitrogen and oxygen atoms in total. The third-order valence-electron chi connectivity index (χ3n) is 8.99. The highest BCUT2D eigenvalue weighted by molar-refractivity contribution is 6.31. The Morgan fingerprint density at radius 1 is 1.11 bits per heavy atom. The van der Waals surface area contributed by atoms with Crippen LogP contribution in [0.4, 0.5) is 4.39 Å². The highest BCUT2D eigenvalue weighted by Gasteiger charge is 2.52. The molecule has 2 unspecified atom stereocenters. The van der Waals surface area contributed by atoms with Gasteiger partial charge in [-0.2, -0.15) is 0 Å². The molecule has 1 aromatic carbocycles. The fraction of sp³-hybridized carbons (Fsp3) is 0.483. The molecule has 4 heterocycles. The van der Waals surface area contributed by atoms with Gasteiger partial charge in [0.05, 0.1) is 17.2 Å². The highest BCUT2D eigenvalue weighted by atomic mass is 35.5. The second-order valence-corrected chi connectivity index (χ2v) is 11.8. The van der Waals surface area contributed by atoms with Gasteiger partial charge in [-0.3, -0.25) is 9.59 Å². The molecular weight excluding hydrogens is 509 g/mol. The van der Waals surface area contributed by atoms with Crippen LogP contribution in [0.5, 0.6) is 0 Å². The first-order chi connectivity index (χ1) is 18.1. The van der Waals surface area contributed by atoms with Crippen LogP contribution in [0.3, 0.4) is 0 Å². The van der Waals surface area contributed by atoms with Gasteiger partial charge in [0.1, 0.15) is 17.1 Å². The Bertz CT molecular complexity index is 1320. The van der Waals surface area contributed by atoms with Crippen molar-refractivity contribution in [1.82, 2.24) is 15.1 Å². The number of amides is 2. The molecule has 0 saturated carbocycles. The SMILES string of the molecule is CC1CCN(C(=O)C2=C(C(=O)N3CCC4(CC3)OC(=O)c3cc(F)ccc34)C3(C)C=CC(Cl)=CC3N2)CC1. The van der Waals surface area contributed by atoms with E-state index in [9.17, 15) is 18.8 Å². The number of allylic oxidation sites excluding steroid dienone is 2. The number of ether oxygens (including phenoxy) is 1. The summed E-state index contributed by atoms with van der Waals surface area (Å²) in [7, 11) is 0. The van der Waals surface area contributed by atoms with Crippen LogP contribution < -0.4 is 5.32 Å². The number of carbonyl (C=O) groups is 3. The number of hydrogen-bond acceptors (Lipinski definition) is 5. The van der Waals surface area contributed by atoms with Crippen LogP contribution in [0.15, 0.2) is 52.7 Å². The summed E-state index contributed by atoms with van der Waals surface area (Å²) in [6.45, 7) is 6.17. The van der Waals surface area contributed by atoms with E-state index in [1.807, 2.05) is 24.0 Å². The molecule has 6 rings (SSSR count). The predicted molar refractivity (Wildman–Crippen MR) is 139 cm³/mol. The van der Waals surface area contributed by atoms with E-state index in [1.54, 1.807) is 17.0 Å². The van der Waals surface area contributed by atoms with Gasteiger partial charge in [0.2, 0.25) is 0 Å². The molecular formula is C29H31ClFN3O4. The van der Waals surface area contributed by atoms with Crippen LogP contribution in [0.25, 0.3) is 0 Å². The van der Waals surface area contributed by atoms with E-state index in [2.05, 4.69) is 12.2 Å². The number of benzene rings is 1. The summed E-state index contributed by atoms with van der Waals surface area (Å²) < 4.78 is 19.5. The van der Waals surface area contributed by atoms with E-state index >= 15 is 0 Å². The topological polar surface area (TPSA) is 79.0 Å². The summed E-state index contributed by atoms with van der Waals surface area (Å²) in [5.74, 6) is -0.794. The van der Waals surface area contributed by atoms with Crippen molar-refractivity contribution in [2.24, 2.45) is 11.3 Å². The van der Waals surface area contributed by atoms with Crippen molar-refractivity contribution in [3.63, 3.8) is 0 Å². The lowest BCUT2D eigenvalue weighted by molar-refractivity contribution is -0.133. The molecule has 0 radical (unpaired) electrons. The van der Waals surface area contributed by atoms with E-state index in [0.29, 0.717) is 66.8 Å². The summed E-state index contributed by atoms with van der Waals surface area (Å²) >= 11 is 6.31. The number of piperidine rings is 2. The molecule has 0 aromatic heterocycles. The van der Waals surface area contributed by atoms with Crippen LogP contribution >= 0.6 is 11.6 Å². The zero-order chi connectivity index (χ0) is 26.8. The van der Waals surface area contributed by atoms with Gasteiger partial charge >= 0.3 is 5.97 Å². The van der Waals surface area contributed by atoms with E-state index in [0.717, 1.165) is 12.8 Å². The van der Waals surface area contributed by atoms with Gasteiger partial charge in [-0.1, -0.05) is 30.7 Å². The third kappa shape index (κ3) is 3.87. The molecule has 2 fully saturated rings. The number of rotatable bonds is 2. The molecule has 9 heteroatoms. The molecule has 1 aromatic rings. The minimum Gasteiger partial charge on any atom is -0.450 e. The van der Waals surface area contributed by atoms with Crippen molar-refractivity contribution in [2.75, 3.05) is 26.2 Å². The molecule has 2 saturated heterocycles. The Morgan fingerprint density at radius 2 is 1.79 bits per heavy atom. The Hall–Kier alpha value is -3.13. The van der Waals surface area contributed by atoms with Gasteiger partial charge in [0.25, 0.3) is 11.8 Å². The van der Waals surface area contributed by atoms with E-state index in [-0.39, 0.29) is 23.4 Å². The summed E-state index contributed by atoms with van der Waals surface area (Å²) in [5, 5.41) is 3.90. The summed E-state index contributed by atoms with van der Waals surface area (Å²) in [5.41, 5.74) is 0.123. The maximum atomic E-state index is 14.2. The average Bonchev–Trinajstić information content (AvgIpc) is 3.34. The lowest BCUT2D eigenvalue weighted by atomic mass is 9.74. The van der Waals surface area contributed by atoms with E-state index < -0.39 is 22.8 Å². The quantitative estimate of drug-likeness (QED) is 0.575. The molecule has 200 valence electrons. The molecule has 1 N–H and O–H groups in total. The van der Waals surface area contributed by atoms with E-state index in [4.69, 9.17) is 16.3 Å². The third-order valence-corrected chi connectivity index (χ3v) is 9.24. The molecule has 0 bridgehead atoms. The number of fused-ring (bicyclic) bond motifs is 3. The molecule has 2 atom stereocenters. The van der Waals surface area contributed by atoms with Crippen LogP contribution in [0.1, 0.15) is 55.5 Å². The first-order valence-corrected chi connectivity index (χ1v) is 13.7. The number of nitrogens with zero attached hydrogens (tertiary/aromatic N) is 2. The number of halogens is 2. The standard InChI is InChI=1S/C29H31ClFN3O4/c1-17-6-11-33(12-7-17)26(36)24-23(28(2)8-5-18(30)15-22(28)32-24)25(35)34-13-9-29(10-14-34)21-4-3-19(31)16-20(21)27(37)38-29/h3-5,8,15-17,22,32H,6-7,9-14H2,1-2H3. The Balaban J connectivity index is 1.29. The summed E-state index contributed by atoms with van der Waals surface area (Å²) in [6, 6.07) is 3.85. The normalized spacial score (nSPS) is 28.2. The predicted octanol–water partition coefficient (Wildman–Crippen LogP) is 4.00. The lowest BCUT2D eigenvalue weighted by Gasteiger charge is -2.40. The molecule has 4 aliphatic heterocycles. The minimum atomic E-state index is -0.865. The Morgan fingerprint density at radius 3 is 2.50 bits per heavy atom. The second-order valence-electron chi connectivity index (χ2n) is 11.4. The van der Waals surface area contributed by atoms with Crippen LogP contribution in [0, 0.1) is 17.2 Å². The van der Waals surface area contributed by atoms with Gasteiger partial charge in [-0.05, 0) is 50.0 Å². The Kier molecular flexibility index (Phi) is 5.94. The van der Waals surface area contributed by atoms with Gasteiger partial charge in [0.15, 0.2) is 0 Å². The zero-order valence-corrected chi connectivity index (χ0v) is 22.3. The fourth-order valence-electron chi connectivity index (χ4n) is 6.52. The van der Waals surface area contributed by atoms with Crippen molar-refractivity contribution >= 4 is 29.4 Å². The van der Waals surface area contributed by atoms with Crippen molar-refractivity contribution in [2.45, 2.75) is 51.2 Å². The van der Waals surface area contributed by atoms with Gasteiger partial charge in [-0.25, -0.2) is 9.18 Å². The van der Waals surface area contributed by atoms with Gasteiger partial charge in [-0.15, -0.1) is 0 Å². The van der Waals surface area contributed by atoms with Gasteiger partial charge in [0, 0.05) is 55.0 Å². The first-order valence-electron chi connectivity index (χ1n) is 13.3. The largest absolute Gasteiger partial charge is 0.450 e. The van der Waals surface area contributed by atoms with Crippen molar-refractivity contribution in [3.05, 3.63) is 69.7 Å². The fourth-order valence-corrected chi connectivity index (χ4v) is 6.71. The Labute approximate surface area is 226 Å². The number of hydrogen-bond donors (Lipinski definition) is 1. The number of nitrogens with one attached hydrogen (secondary N) is 1. The monoisotopic (exact) mass is 539 g/mol. The van der Waals surface area contributed by atoms with Crippen LogP contribution in [0.2, 0.25) is 0 Å². The highest BCUT2D eigenvalue weighted by Crippen LogP contribution is 2.47. The maximum Gasteiger partial charge on any atom is 0.339 e. The second kappa shape index (κ2) is 8.97. The number of esters is 1. The molecule has 1 aliphatic carbocycles. The molecule has 38 heavy (non-hydrogen) atoms. The smallest absolute Gasteiger partial charge is 0.339 e. The maximum absolute atomic E-state index is 14.2.